The van der Waals surface area contributed by atoms with E-state index in [0.717, 1.165) is 0 Å². The summed E-state index contributed by atoms with van der Waals surface area (Å²) in [5, 5.41) is 8.69. The largest absolute Gasteiger partial charge is 0.387 e. The van der Waals surface area contributed by atoms with Gasteiger partial charge >= 0.3 is 0 Å². The zero-order valence-corrected chi connectivity index (χ0v) is 7.90. The van der Waals surface area contributed by atoms with E-state index in [1.165, 1.54) is 29.2 Å². The van der Waals surface area contributed by atoms with Gasteiger partial charge in [0.1, 0.15) is 12.4 Å². The van der Waals surface area contributed by atoms with E-state index in [0.29, 0.717) is 12.2 Å². The van der Waals surface area contributed by atoms with Crippen molar-refractivity contribution < 1.29 is 14.3 Å². The van der Waals surface area contributed by atoms with Gasteiger partial charge in [-0.2, -0.15) is 0 Å². The minimum atomic E-state index is -0.536. The average Bonchev–Trinajstić information content (AvgIpc) is 2.21. The summed E-state index contributed by atoms with van der Waals surface area (Å²) in [4.78, 5) is 12.6. The second kappa shape index (κ2) is 4.72. The molecule has 1 amide bonds. The number of likely N-dealkylation sites (N-methyl/N-ethyl adjacent to an activating group) is 1. The Labute approximate surface area is 81.8 Å². The van der Waals surface area contributed by atoms with Gasteiger partial charge in [-0.25, -0.2) is 4.39 Å². The Kier molecular flexibility index (Phi) is 3.59. The van der Waals surface area contributed by atoms with Crippen molar-refractivity contribution in [1.29, 1.82) is 0 Å². The van der Waals surface area contributed by atoms with Crippen molar-refractivity contribution in [2.24, 2.45) is 0 Å². The molecule has 1 rings (SSSR count). The SMILES string of the molecule is CCN(C(=O)CO)c1ccc(F)cc1. The molecule has 0 bridgehead atoms. The van der Waals surface area contributed by atoms with Crippen molar-refractivity contribution in [3.05, 3.63) is 30.1 Å². The topological polar surface area (TPSA) is 40.5 Å². The molecule has 0 radical (unpaired) electrons. The smallest absolute Gasteiger partial charge is 0.252 e. The zero-order valence-electron chi connectivity index (χ0n) is 7.90. The molecule has 0 aliphatic rings. The van der Waals surface area contributed by atoms with Crippen LogP contribution in [0.3, 0.4) is 0 Å². The lowest BCUT2D eigenvalue weighted by atomic mass is 10.2. The molecule has 0 saturated carbocycles. The van der Waals surface area contributed by atoms with Gasteiger partial charge in [0.15, 0.2) is 0 Å². The third kappa shape index (κ3) is 2.29. The monoisotopic (exact) mass is 197 g/mol. The normalized spacial score (nSPS) is 9.93. The summed E-state index contributed by atoms with van der Waals surface area (Å²) in [6.45, 7) is 1.70. The molecule has 4 heteroatoms. The van der Waals surface area contributed by atoms with Crippen LogP contribution in [0.5, 0.6) is 0 Å². The molecule has 3 nitrogen and oxygen atoms in total. The lowest BCUT2D eigenvalue weighted by Gasteiger charge is -2.19. The van der Waals surface area contributed by atoms with Crippen LogP contribution in [0.2, 0.25) is 0 Å². The second-order valence-corrected chi connectivity index (χ2v) is 2.77. The summed E-state index contributed by atoms with van der Waals surface area (Å²) in [5.74, 6) is -0.736. The Morgan fingerprint density at radius 1 is 1.43 bits per heavy atom. The highest BCUT2D eigenvalue weighted by Crippen LogP contribution is 2.14. The first kappa shape index (κ1) is 10.7. The Balaban J connectivity index is 2.89. The van der Waals surface area contributed by atoms with Gasteiger partial charge in [0.2, 0.25) is 0 Å². The Morgan fingerprint density at radius 3 is 2.43 bits per heavy atom. The first-order valence-corrected chi connectivity index (χ1v) is 4.35. The van der Waals surface area contributed by atoms with Crippen molar-refractivity contribution in [2.75, 3.05) is 18.1 Å². The van der Waals surface area contributed by atoms with E-state index < -0.39 is 6.61 Å². The van der Waals surface area contributed by atoms with E-state index >= 15 is 0 Å². The number of aliphatic hydroxyl groups is 1. The van der Waals surface area contributed by atoms with E-state index in [-0.39, 0.29) is 11.7 Å². The highest BCUT2D eigenvalue weighted by atomic mass is 19.1. The third-order valence-electron chi connectivity index (χ3n) is 1.89. The number of nitrogens with zero attached hydrogens (tertiary/aromatic N) is 1. The van der Waals surface area contributed by atoms with Crippen LogP contribution in [-0.2, 0) is 4.79 Å². The summed E-state index contributed by atoms with van der Waals surface area (Å²) in [6.07, 6.45) is 0. The molecule has 0 atom stereocenters. The molecule has 0 aliphatic heterocycles. The van der Waals surface area contributed by atoms with Gasteiger partial charge < -0.3 is 10.0 Å². The number of halogens is 1. The molecule has 1 aromatic carbocycles. The number of rotatable bonds is 3. The molecule has 0 spiro atoms. The standard InChI is InChI=1S/C10H12FNO2/c1-2-12(10(14)7-13)9-5-3-8(11)4-6-9/h3-6,13H,2,7H2,1H3. The maximum absolute atomic E-state index is 12.6. The molecule has 76 valence electrons. The Bertz CT molecular complexity index is 310. The molecule has 0 unspecified atom stereocenters. The van der Waals surface area contributed by atoms with E-state index in [9.17, 15) is 9.18 Å². The molecule has 0 fully saturated rings. The molecule has 0 aromatic heterocycles. The zero-order chi connectivity index (χ0) is 10.6. The van der Waals surface area contributed by atoms with Gasteiger partial charge in [0.25, 0.3) is 5.91 Å². The number of hydrogen-bond acceptors (Lipinski definition) is 2. The quantitative estimate of drug-likeness (QED) is 0.790. The van der Waals surface area contributed by atoms with E-state index in [4.69, 9.17) is 5.11 Å². The van der Waals surface area contributed by atoms with E-state index in [2.05, 4.69) is 0 Å². The fourth-order valence-electron chi connectivity index (χ4n) is 1.21. The van der Waals surface area contributed by atoms with Gasteiger partial charge in [-0.05, 0) is 31.2 Å². The van der Waals surface area contributed by atoms with Gasteiger partial charge in [0, 0.05) is 12.2 Å². The number of hydrogen-bond donors (Lipinski definition) is 1. The third-order valence-corrected chi connectivity index (χ3v) is 1.89. The minimum absolute atomic E-state index is 0.346. The molecule has 0 saturated heterocycles. The lowest BCUT2D eigenvalue weighted by molar-refractivity contribution is -0.121. The highest BCUT2D eigenvalue weighted by Gasteiger charge is 2.11. The number of anilines is 1. The lowest BCUT2D eigenvalue weighted by Crippen LogP contribution is -2.32. The average molecular weight is 197 g/mol. The molecular weight excluding hydrogens is 185 g/mol. The van der Waals surface area contributed by atoms with Crippen molar-refractivity contribution in [3.63, 3.8) is 0 Å². The van der Waals surface area contributed by atoms with Crippen molar-refractivity contribution >= 4 is 11.6 Å². The minimum Gasteiger partial charge on any atom is -0.387 e. The highest BCUT2D eigenvalue weighted by molar-refractivity contribution is 5.93. The predicted octanol–water partition coefficient (Wildman–Crippen LogP) is 1.17. The van der Waals surface area contributed by atoms with E-state index in [1.807, 2.05) is 0 Å². The summed E-state index contributed by atoms with van der Waals surface area (Å²) in [5.41, 5.74) is 0.591. The van der Waals surface area contributed by atoms with Crippen molar-refractivity contribution in [1.82, 2.24) is 0 Å². The molecule has 1 aromatic rings. The molecule has 0 heterocycles. The molecule has 1 N–H and O–H groups in total. The van der Waals surface area contributed by atoms with Crippen LogP contribution in [0.25, 0.3) is 0 Å². The number of carbonyl (C=O) groups excluding carboxylic acids is 1. The fraction of sp³-hybridized carbons (Fsp3) is 0.300. The van der Waals surface area contributed by atoms with Gasteiger partial charge in [-0.15, -0.1) is 0 Å². The number of benzene rings is 1. The molecule has 0 aliphatic carbocycles. The molecule has 14 heavy (non-hydrogen) atoms. The van der Waals surface area contributed by atoms with E-state index in [1.54, 1.807) is 6.92 Å². The summed E-state index contributed by atoms with van der Waals surface area (Å²) in [6, 6.07) is 5.57. The van der Waals surface area contributed by atoms with Crippen LogP contribution in [0.15, 0.2) is 24.3 Å². The summed E-state index contributed by atoms with van der Waals surface area (Å²) < 4.78 is 12.6. The molecular formula is C10H12FNO2. The maximum atomic E-state index is 12.6. The summed E-state index contributed by atoms with van der Waals surface area (Å²) >= 11 is 0. The van der Waals surface area contributed by atoms with Crippen LogP contribution < -0.4 is 4.90 Å². The Hall–Kier alpha value is -1.42. The first-order chi connectivity index (χ1) is 6.69. The maximum Gasteiger partial charge on any atom is 0.252 e. The fourth-order valence-corrected chi connectivity index (χ4v) is 1.21. The summed E-state index contributed by atoms with van der Waals surface area (Å²) in [7, 11) is 0. The van der Waals surface area contributed by atoms with Gasteiger partial charge in [0.05, 0.1) is 0 Å². The number of amides is 1. The van der Waals surface area contributed by atoms with Gasteiger partial charge in [-0.3, -0.25) is 4.79 Å². The second-order valence-electron chi connectivity index (χ2n) is 2.77. The van der Waals surface area contributed by atoms with Crippen molar-refractivity contribution in [2.45, 2.75) is 6.92 Å². The number of aliphatic hydroxyl groups excluding tert-OH is 1. The predicted molar refractivity (Wildman–Crippen MR) is 51.5 cm³/mol. The van der Waals surface area contributed by atoms with Crippen molar-refractivity contribution in [3.8, 4) is 0 Å². The first-order valence-electron chi connectivity index (χ1n) is 4.35. The van der Waals surface area contributed by atoms with Gasteiger partial charge in [-0.1, -0.05) is 0 Å². The van der Waals surface area contributed by atoms with Crippen LogP contribution in [0, 0.1) is 5.82 Å². The van der Waals surface area contributed by atoms with Crippen LogP contribution >= 0.6 is 0 Å². The number of carbonyl (C=O) groups is 1. The Morgan fingerprint density at radius 2 is 2.00 bits per heavy atom. The van der Waals surface area contributed by atoms with Crippen LogP contribution in [0.4, 0.5) is 10.1 Å². The van der Waals surface area contributed by atoms with Crippen LogP contribution in [0.1, 0.15) is 6.92 Å². The van der Waals surface area contributed by atoms with Crippen LogP contribution in [-0.4, -0.2) is 24.2 Å².